The van der Waals surface area contributed by atoms with Crippen molar-refractivity contribution in [1.82, 2.24) is 9.13 Å². The number of hydrogen-bond donors (Lipinski definition) is 1. The number of benzene rings is 1. The number of carbonyl (C=O) groups is 1. The van der Waals surface area contributed by atoms with Gasteiger partial charge in [-0.3, -0.25) is 18.7 Å². The maximum atomic E-state index is 12.8. The molecule has 1 atom stereocenters. The van der Waals surface area contributed by atoms with E-state index in [9.17, 15) is 14.4 Å². The SMILES string of the molecule is CCn1c(N2CCCC(C(=O)Nc3ccc(C)c(C)c3)C2)cc(=O)n(C)c1=O. The Hall–Kier alpha value is -2.83. The number of hydrogen-bond acceptors (Lipinski definition) is 4. The first kappa shape index (κ1) is 19.9. The molecule has 2 aromatic rings. The van der Waals surface area contributed by atoms with Gasteiger partial charge in [0.25, 0.3) is 5.56 Å². The molecule has 1 amide bonds. The van der Waals surface area contributed by atoms with Crippen LogP contribution in [0.25, 0.3) is 0 Å². The molecule has 1 N–H and O–H groups in total. The number of anilines is 2. The summed E-state index contributed by atoms with van der Waals surface area (Å²) in [6, 6.07) is 7.38. The summed E-state index contributed by atoms with van der Waals surface area (Å²) in [7, 11) is 1.48. The minimum Gasteiger partial charge on any atom is -0.357 e. The number of carbonyl (C=O) groups excluding carboxylic acids is 1. The summed E-state index contributed by atoms with van der Waals surface area (Å²) >= 11 is 0. The van der Waals surface area contributed by atoms with Crippen molar-refractivity contribution in [3.05, 3.63) is 56.2 Å². The molecule has 1 aliphatic heterocycles. The van der Waals surface area contributed by atoms with Gasteiger partial charge in [-0.25, -0.2) is 4.79 Å². The highest BCUT2D eigenvalue weighted by atomic mass is 16.2. The van der Waals surface area contributed by atoms with E-state index in [2.05, 4.69) is 5.32 Å². The minimum atomic E-state index is -0.327. The number of piperidine rings is 1. The fourth-order valence-corrected chi connectivity index (χ4v) is 3.68. The van der Waals surface area contributed by atoms with Crippen LogP contribution in [0.5, 0.6) is 0 Å². The summed E-state index contributed by atoms with van der Waals surface area (Å²) in [6.07, 6.45) is 1.62. The first-order valence-electron chi connectivity index (χ1n) is 9.75. The van der Waals surface area contributed by atoms with E-state index in [1.807, 2.05) is 43.9 Å². The molecular formula is C21H28N4O3. The zero-order chi connectivity index (χ0) is 20.4. The van der Waals surface area contributed by atoms with E-state index in [4.69, 9.17) is 0 Å². The number of rotatable bonds is 4. The summed E-state index contributed by atoms with van der Waals surface area (Å²) in [5.41, 5.74) is 2.46. The van der Waals surface area contributed by atoms with Crippen LogP contribution >= 0.6 is 0 Å². The van der Waals surface area contributed by atoms with Gasteiger partial charge < -0.3 is 10.2 Å². The Balaban J connectivity index is 1.81. The van der Waals surface area contributed by atoms with E-state index in [1.165, 1.54) is 18.7 Å². The van der Waals surface area contributed by atoms with Gasteiger partial charge in [0.15, 0.2) is 0 Å². The molecule has 0 aliphatic carbocycles. The van der Waals surface area contributed by atoms with Gasteiger partial charge in [-0.05, 0) is 56.9 Å². The van der Waals surface area contributed by atoms with Crippen LogP contribution in [-0.2, 0) is 18.4 Å². The Kier molecular flexibility index (Phi) is 5.72. The second kappa shape index (κ2) is 8.04. The highest BCUT2D eigenvalue weighted by Crippen LogP contribution is 2.23. The smallest absolute Gasteiger partial charge is 0.332 e. The average molecular weight is 384 g/mol. The topological polar surface area (TPSA) is 76.3 Å². The summed E-state index contributed by atoms with van der Waals surface area (Å²) in [5.74, 6) is 0.376. The first-order valence-corrected chi connectivity index (χ1v) is 9.75. The number of aromatic nitrogens is 2. The van der Waals surface area contributed by atoms with Crippen LogP contribution in [-0.4, -0.2) is 28.1 Å². The minimum absolute atomic E-state index is 0.0258. The predicted molar refractivity (Wildman–Crippen MR) is 111 cm³/mol. The third kappa shape index (κ3) is 3.88. The van der Waals surface area contributed by atoms with E-state index >= 15 is 0 Å². The van der Waals surface area contributed by atoms with Crippen molar-refractivity contribution in [3.8, 4) is 0 Å². The molecule has 0 radical (unpaired) electrons. The van der Waals surface area contributed by atoms with Crippen molar-refractivity contribution in [2.45, 2.75) is 40.2 Å². The lowest BCUT2D eigenvalue weighted by Gasteiger charge is -2.34. The molecule has 150 valence electrons. The molecular weight excluding hydrogens is 356 g/mol. The molecule has 7 nitrogen and oxygen atoms in total. The molecule has 0 saturated carbocycles. The van der Waals surface area contributed by atoms with E-state index in [1.54, 1.807) is 4.57 Å². The van der Waals surface area contributed by atoms with Crippen molar-refractivity contribution in [2.75, 3.05) is 23.3 Å². The maximum Gasteiger partial charge on any atom is 0.332 e. The second-order valence-electron chi connectivity index (χ2n) is 7.50. The average Bonchev–Trinajstić information content (AvgIpc) is 2.69. The molecule has 1 aromatic carbocycles. The zero-order valence-electron chi connectivity index (χ0n) is 17.0. The van der Waals surface area contributed by atoms with Crippen molar-refractivity contribution in [3.63, 3.8) is 0 Å². The zero-order valence-corrected chi connectivity index (χ0v) is 17.0. The molecule has 1 saturated heterocycles. The van der Waals surface area contributed by atoms with Gasteiger partial charge in [0.05, 0.1) is 5.92 Å². The second-order valence-corrected chi connectivity index (χ2v) is 7.50. The monoisotopic (exact) mass is 384 g/mol. The largest absolute Gasteiger partial charge is 0.357 e. The number of nitrogens with one attached hydrogen (secondary N) is 1. The predicted octanol–water partition coefficient (Wildman–Crippen LogP) is 2.04. The fraction of sp³-hybridized carbons (Fsp3) is 0.476. The van der Waals surface area contributed by atoms with E-state index in [-0.39, 0.29) is 23.1 Å². The van der Waals surface area contributed by atoms with Crippen LogP contribution in [0, 0.1) is 19.8 Å². The Labute approximate surface area is 164 Å². The highest BCUT2D eigenvalue weighted by Gasteiger charge is 2.28. The van der Waals surface area contributed by atoms with Gasteiger partial charge in [-0.1, -0.05) is 6.07 Å². The quantitative estimate of drug-likeness (QED) is 0.875. The summed E-state index contributed by atoms with van der Waals surface area (Å²) in [6.45, 7) is 7.62. The third-order valence-corrected chi connectivity index (χ3v) is 5.58. The van der Waals surface area contributed by atoms with Gasteiger partial charge in [-0.15, -0.1) is 0 Å². The molecule has 1 aliphatic rings. The normalized spacial score (nSPS) is 16.9. The Morgan fingerprint density at radius 3 is 2.61 bits per heavy atom. The Morgan fingerprint density at radius 2 is 1.93 bits per heavy atom. The summed E-state index contributed by atoms with van der Waals surface area (Å²) in [5, 5.41) is 3.01. The summed E-state index contributed by atoms with van der Waals surface area (Å²) in [4.78, 5) is 39.3. The molecule has 7 heteroatoms. The van der Waals surface area contributed by atoms with Crippen molar-refractivity contribution >= 4 is 17.4 Å². The lowest BCUT2D eigenvalue weighted by Crippen LogP contribution is -2.46. The molecule has 1 aromatic heterocycles. The van der Waals surface area contributed by atoms with Gasteiger partial charge in [0, 0.05) is 38.4 Å². The molecule has 0 bridgehead atoms. The number of aryl methyl sites for hydroxylation is 2. The summed E-state index contributed by atoms with van der Waals surface area (Å²) < 4.78 is 2.70. The van der Waals surface area contributed by atoms with Crippen molar-refractivity contribution < 1.29 is 4.79 Å². The van der Waals surface area contributed by atoms with Crippen molar-refractivity contribution in [1.29, 1.82) is 0 Å². The lowest BCUT2D eigenvalue weighted by molar-refractivity contribution is -0.120. The Morgan fingerprint density at radius 1 is 1.18 bits per heavy atom. The van der Waals surface area contributed by atoms with E-state index in [0.717, 1.165) is 35.2 Å². The fourth-order valence-electron chi connectivity index (χ4n) is 3.68. The van der Waals surface area contributed by atoms with E-state index in [0.29, 0.717) is 18.9 Å². The number of amides is 1. The Bertz CT molecular complexity index is 1010. The molecule has 28 heavy (non-hydrogen) atoms. The lowest BCUT2D eigenvalue weighted by atomic mass is 9.97. The van der Waals surface area contributed by atoms with Crippen LogP contribution in [0.15, 0.2) is 33.9 Å². The van der Waals surface area contributed by atoms with Crippen molar-refractivity contribution in [2.24, 2.45) is 13.0 Å². The maximum absolute atomic E-state index is 12.8. The van der Waals surface area contributed by atoms with Crippen LogP contribution in [0.2, 0.25) is 0 Å². The van der Waals surface area contributed by atoms with Gasteiger partial charge in [0.2, 0.25) is 5.91 Å². The van der Waals surface area contributed by atoms with Gasteiger partial charge in [0.1, 0.15) is 5.82 Å². The number of nitrogens with zero attached hydrogens (tertiary/aromatic N) is 3. The van der Waals surface area contributed by atoms with Gasteiger partial charge >= 0.3 is 5.69 Å². The van der Waals surface area contributed by atoms with Crippen LogP contribution in [0.1, 0.15) is 30.9 Å². The standard InChI is InChI=1S/C21H28N4O3/c1-5-25-18(12-19(26)23(4)21(25)28)24-10-6-7-16(13-24)20(27)22-17-9-8-14(2)15(3)11-17/h8-9,11-12,16H,5-7,10,13H2,1-4H3,(H,22,27). The van der Waals surface area contributed by atoms with Crippen LogP contribution < -0.4 is 21.5 Å². The van der Waals surface area contributed by atoms with Crippen LogP contribution in [0.3, 0.4) is 0 Å². The molecule has 3 rings (SSSR count). The molecule has 1 fully saturated rings. The van der Waals surface area contributed by atoms with E-state index < -0.39 is 0 Å². The van der Waals surface area contributed by atoms with Crippen LogP contribution in [0.4, 0.5) is 11.5 Å². The third-order valence-electron chi connectivity index (χ3n) is 5.58. The van der Waals surface area contributed by atoms with Gasteiger partial charge in [-0.2, -0.15) is 0 Å². The molecule has 0 spiro atoms. The highest BCUT2D eigenvalue weighted by molar-refractivity contribution is 5.93. The molecule has 2 heterocycles. The molecule has 1 unspecified atom stereocenters. The first-order chi connectivity index (χ1) is 13.3.